The quantitative estimate of drug-likeness (QED) is 0.598. The van der Waals surface area contributed by atoms with Gasteiger partial charge in [-0.15, -0.1) is 0 Å². The molecule has 0 radical (unpaired) electrons. The molecule has 0 fully saturated rings. The lowest BCUT2D eigenvalue weighted by Gasteiger charge is -2.43. The first-order chi connectivity index (χ1) is 15.1. The smallest absolute Gasteiger partial charge is 0.140 e. The van der Waals surface area contributed by atoms with E-state index in [1.165, 1.54) is 0 Å². The summed E-state index contributed by atoms with van der Waals surface area (Å²) in [6.07, 6.45) is 2.08. The molecule has 0 atom stereocenters. The zero-order valence-corrected chi connectivity index (χ0v) is 19.8. The van der Waals surface area contributed by atoms with Crippen molar-refractivity contribution in [1.29, 1.82) is 0 Å². The molecule has 3 aromatic carbocycles. The minimum atomic E-state index is -1.35. The van der Waals surface area contributed by atoms with E-state index in [0.29, 0.717) is 0 Å². The number of fused-ring (bicyclic) bond motifs is 1. The lowest BCUT2D eigenvalue weighted by Crippen LogP contribution is -2.45. The summed E-state index contributed by atoms with van der Waals surface area (Å²) in [6.45, 7) is 4.03. The van der Waals surface area contributed by atoms with Crippen LogP contribution in [-0.2, 0) is 5.60 Å². The zero-order valence-electron chi connectivity index (χ0n) is 19.8. The van der Waals surface area contributed by atoms with Crippen LogP contribution in [0.15, 0.2) is 78.4 Å². The molecule has 4 heteroatoms. The molecule has 0 saturated heterocycles. The number of nitrogens with zero attached hydrogens (tertiary/aromatic N) is 2. The first-order valence-corrected chi connectivity index (χ1v) is 10.9. The Hall–Kier alpha value is -3.24. The van der Waals surface area contributed by atoms with Crippen LogP contribution in [-0.4, -0.2) is 38.9 Å². The summed E-state index contributed by atoms with van der Waals surface area (Å²) in [5.41, 5.74) is 3.49. The number of rotatable bonds is 5. The van der Waals surface area contributed by atoms with Gasteiger partial charge in [0, 0.05) is 50.7 Å². The van der Waals surface area contributed by atoms with Crippen molar-refractivity contribution in [3.05, 3.63) is 95.1 Å². The molecule has 0 bridgehead atoms. The summed E-state index contributed by atoms with van der Waals surface area (Å²) in [6, 6.07) is 24.2. The van der Waals surface area contributed by atoms with Crippen LogP contribution in [0.3, 0.4) is 0 Å². The molecule has 4 nitrogen and oxygen atoms in total. The summed E-state index contributed by atoms with van der Waals surface area (Å²) < 4.78 is 6.40. The number of benzene rings is 3. The van der Waals surface area contributed by atoms with Crippen LogP contribution in [0, 0.1) is 0 Å². The van der Waals surface area contributed by atoms with Gasteiger partial charge in [-0.3, -0.25) is 0 Å². The molecule has 0 saturated carbocycles. The van der Waals surface area contributed by atoms with E-state index in [9.17, 15) is 5.11 Å². The average Bonchev–Trinajstić information content (AvgIpc) is 2.77. The van der Waals surface area contributed by atoms with Crippen molar-refractivity contribution < 1.29 is 9.84 Å². The molecule has 1 N–H and O–H groups in total. The minimum Gasteiger partial charge on any atom is -0.483 e. The highest BCUT2D eigenvalue weighted by molar-refractivity contribution is 5.69. The summed E-state index contributed by atoms with van der Waals surface area (Å²) >= 11 is 0. The Balaban J connectivity index is 1.94. The van der Waals surface area contributed by atoms with E-state index in [1.54, 1.807) is 0 Å². The second kappa shape index (κ2) is 8.03. The normalized spacial score (nSPS) is 14.8. The predicted molar refractivity (Wildman–Crippen MR) is 134 cm³/mol. The molecule has 0 aromatic heterocycles. The number of hydrogen-bond donors (Lipinski definition) is 1. The fraction of sp³-hybridized carbons (Fsp3) is 0.286. The highest BCUT2D eigenvalue weighted by Gasteiger charge is 2.46. The standard InChI is InChI=1S/C28H32N2O2/c1-27(2)26(19-20-9-7-8-10-25(20)32-27)28(31,21-11-15-23(16-12-21)29(3)4)22-13-17-24(18-14-22)30(5)6/h7-19,31H,1-6H3. The summed E-state index contributed by atoms with van der Waals surface area (Å²) in [5.74, 6) is 0.828. The van der Waals surface area contributed by atoms with Crippen LogP contribution in [0.5, 0.6) is 5.75 Å². The van der Waals surface area contributed by atoms with Crippen molar-refractivity contribution in [3.8, 4) is 5.75 Å². The fourth-order valence-electron chi connectivity index (χ4n) is 4.37. The van der Waals surface area contributed by atoms with E-state index < -0.39 is 11.2 Å². The van der Waals surface area contributed by atoms with E-state index in [0.717, 1.165) is 39.4 Å². The molecular weight excluding hydrogens is 396 g/mol. The van der Waals surface area contributed by atoms with E-state index in [1.807, 2.05) is 115 Å². The monoisotopic (exact) mass is 428 g/mol. The van der Waals surface area contributed by atoms with Crippen molar-refractivity contribution in [2.45, 2.75) is 25.0 Å². The van der Waals surface area contributed by atoms with Crippen LogP contribution in [0.25, 0.3) is 6.08 Å². The Morgan fingerprint density at radius 3 is 1.66 bits per heavy atom. The summed E-state index contributed by atoms with van der Waals surface area (Å²) in [7, 11) is 8.05. The number of hydrogen-bond acceptors (Lipinski definition) is 4. The van der Waals surface area contributed by atoms with E-state index in [4.69, 9.17) is 4.74 Å². The van der Waals surface area contributed by atoms with Gasteiger partial charge in [0.2, 0.25) is 0 Å². The maximum atomic E-state index is 12.5. The molecule has 1 heterocycles. The maximum Gasteiger partial charge on any atom is 0.140 e. The van der Waals surface area contributed by atoms with Crippen LogP contribution in [0.2, 0.25) is 0 Å². The third-order valence-corrected chi connectivity index (χ3v) is 6.23. The number of ether oxygens (including phenoxy) is 1. The van der Waals surface area contributed by atoms with Crippen molar-refractivity contribution in [1.82, 2.24) is 0 Å². The van der Waals surface area contributed by atoms with Gasteiger partial charge in [-0.05, 0) is 61.4 Å². The van der Waals surface area contributed by atoms with Crippen LogP contribution >= 0.6 is 0 Å². The Labute approximate surface area is 191 Å². The highest BCUT2D eigenvalue weighted by Crippen LogP contribution is 2.47. The van der Waals surface area contributed by atoms with Gasteiger partial charge < -0.3 is 19.6 Å². The van der Waals surface area contributed by atoms with Crippen molar-refractivity contribution >= 4 is 17.5 Å². The van der Waals surface area contributed by atoms with Gasteiger partial charge in [-0.2, -0.15) is 0 Å². The Bertz CT molecular complexity index is 1080. The summed E-state index contributed by atoms with van der Waals surface area (Å²) in [4.78, 5) is 4.11. The molecule has 32 heavy (non-hydrogen) atoms. The second-order valence-corrected chi connectivity index (χ2v) is 9.30. The first kappa shape index (κ1) is 22.0. The van der Waals surface area contributed by atoms with Gasteiger partial charge in [0.1, 0.15) is 17.0 Å². The summed E-state index contributed by atoms with van der Waals surface area (Å²) in [5, 5.41) is 12.5. The van der Waals surface area contributed by atoms with Crippen LogP contribution in [0.1, 0.15) is 30.5 Å². The molecule has 0 amide bonds. The average molecular weight is 429 g/mol. The van der Waals surface area contributed by atoms with Crippen LogP contribution < -0.4 is 14.5 Å². The fourth-order valence-corrected chi connectivity index (χ4v) is 4.37. The van der Waals surface area contributed by atoms with Gasteiger partial charge >= 0.3 is 0 Å². The Kier molecular flexibility index (Phi) is 5.51. The highest BCUT2D eigenvalue weighted by atomic mass is 16.5. The van der Waals surface area contributed by atoms with E-state index in [2.05, 4.69) is 15.9 Å². The van der Waals surface area contributed by atoms with Crippen LogP contribution in [0.4, 0.5) is 11.4 Å². The van der Waals surface area contributed by atoms with Gasteiger partial charge in [0.25, 0.3) is 0 Å². The third kappa shape index (κ3) is 3.76. The van der Waals surface area contributed by atoms with Gasteiger partial charge in [-0.25, -0.2) is 0 Å². The molecule has 0 spiro atoms. The third-order valence-electron chi connectivity index (χ3n) is 6.23. The largest absolute Gasteiger partial charge is 0.483 e. The molecule has 0 aliphatic carbocycles. The minimum absolute atomic E-state index is 0.705. The van der Waals surface area contributed by atoms with E-state index in [-0.39, 0.29) is 0 Å². The molecule has 1 aliphatic heterocycles. The molecule has 0 unspecified atom stereocenters. The predicted octanol–water partition coefficient (Wildman–Crippen LogP) is 5.31. The van der Waals surface area contributed by atoms with Crippen molar-refractivity contribution in [3.63, 3.8) is 0 Å². The SMILES string of the molecule is CN(C)c1ccc(C(O)(C2=Cc3ccccc3OC2(C)C)c2ccc(N(C)C)cc2)cc1. The number of para-hydroxylation sites is 1. The number of aliphatic hydroxyl groups is 1. The Morgan fingerprint density at radius 2 is 1.19 bits per heavy atom. The molecule has 166 valence electrons. The topological polar surface area (TPSA) is 35.9 Å². The molecular formula is C28H32N2O2. The molecule has 4 rings (SSSR count). The van der Waals surface area contributed by atoms with E-state index >= 15 is 0 Å². The second-order valence-electron chi connectivity index (χ2n) is 9.30. The number of anilines is 2. The van der Waals surface area contributed by atoms with Gasteiger partial charge in [-0.1, -0.05) is 42.5 Å². The van der Waals surface area contributed by atoms with Gasteiger partial charge in [0.05, 0.1) is 0 Å². The Morgan fingerprint density at radius 1 is 0.719 bits per heavy atom. The zero-order chi connectivity index (χ0) is 23.1. The molecule has 3 aromatic rings. The molecule has 1 aliphatic rings. The lowest BCUT2D eigenvalue weighted by molar-refractivity contribution is 0.0540. The lowest BCUT2D eigenvalue weighted by atomic mass is 9.72. The van der Waals surface area contributed by atoms with Crippen molar-refractivity contribution in [2.24, 2.45) is 0 Å². The maximum absolute atomic E-state index is 12.5. The van der Waals surface area contributed by atoms with Gasteiger partial charge in [0.15, 0.2) is 0 Å². The van der Waals surface area contributed by atoms with Crippen molar-refractivity contribution in [2.75, 3.05) is 38.0 Å². The first-order valence-electron chi connectivity index (χ1n) is 10.9.